The minimum absolute atomic E-state index is 0.917. The molecule has 0 aliphatic heterocycles. The summed E-state index contributed by atoms with van der Waals surface area (Å²) >= 11 is 0. The standard InChI is InChI=1S/C18H26O/c1-4-6-8-9-11-16(10-7-5-2)17-12-14-18(19-3)15-13-17/h5,7,10,12-15H,4,6,8-9,11H2,1-3H3/b7-5+,16-10+. The van der Waals surface area contributed by atoms with Crippen LogP contribution in [-0.4, -0.2) is 7.11 Å². The van der Waals surface area contributed by atoms with Crippen LogP contribution in [0, 0.1) is 0 Å². The quantitative estimate of drug-likeness (QED) is 0.434. The Bertz CT molecular complexity index is 398. The second-order valence-corrected chi connectivity index (χ2v) is 4.76. The van der Waals surface area contributed by atoms with Crippen LogP contribution >= 0.6 is 0 Å². The van der Waals surface area contributed by atoms with Gasteiger partial charge in [-0.05, 0) is 43.0 Å². The Labute approximate surface area is 118 Å². The Balaban J connectivity index is 2.72. The van der Waals surface area contributed by atoms with Crippen molar-refractivity contribution in [3.05, 3.63) is 48.1 Å². The lowest BCUT2D eigenvalue weighted by Crippen LogP contribution is -1.88. The monoisotopic (exact) mass is 258 g/mol. The summed E-state index contributed by atoms with van der Waals surface area (Å²) < 4.78 is 5.21. The van der Waals surface area contributed by atoms with Crippen molar-refractivity contribution in [1.82, 2.24) is 0 Å². The van der Waals surface area contributed by atoms with E-state index in [-0.39, 0.29) is 0 Å². The predicted octanol–water partition coefficient (Wildman–Crippen LogP) is 5.63. The summed E-state index contributed by atoms with van der Waals surface area (Å²) in [5, 5.41) is 0. The molecule has 1 aromatic carbocycles. The maximum atomic E-state index is 5.21. The minimum Gasteiger partial charge on any atom is -0.497 e. The van der Waals surface area contributed by atoms with Crippen molar-refractivity contribution in [2.45, 2.75) is 46.0 Å². The number of methoxy groups -OCH3 is 1. The smallest absolute Gasteiger partial charge is 0.118 e. The average Bonchev–Trinajstić information content (AvgIpc) is 2.47. The Morgan fingerprint density at radius 1 is 1.11 bits per heavy atom. The minimum atomic E-state index is 0.917. The molecule has 0 atom stereocenters. The largest absolute Gasteiger partial charge is 0.497 e. The SMILES string of the molecule is C/C=C/C=C(\CCCCCC)c1ccc(OC)cc1. The second-order valence-electron chi connectivity index (χ2n) is 4.76. The summed E-state index contributed by atoms with van der Waals surface area (Å²) in [5.74, 6) is 0.917. The van der Waals surface area contributed by atoms with Crippen LogP contribution in [0.2, 0.25) is 0 Å². The molecule has 1 heteroatoms. The highest BCUT2D eigenvalue weighted by molar-refractivity contribution is 5.67. The Morgan fingerprint density at radius 2 is 1.84 bits per heavy atom. The van der Waals surface area contributed by atoms with Crippen molar-refractivity contribution >= 4 is 5.57 Å². The molecule has 1 nitrogen and oxygen atoms in total. The number of unbranched alkanes of at least 4 members (excludes halogenated alkanes) is 3. The van der Waals surface area contributed by atoms with Gasteiger partial charge in [-0.15, -0.1) is 0 Å². The third kappa shape index (κ3) is 5.78. The molecule has 0 amide bonds. The van der Waals surface area contributed by atoms with E-state index in [1.54, 1.807) is 7.11 Å². The highest BCUT2D eigenvalue weighted by Crippen LogP contribution is 2.24. The normalized spacial score (nSPS) is 12.1. The van der Waals surface area contributed by atoms with Crippen LogP contribution in [0.25, 0.3) is 5.57 Å². The first kappa shape index (κ1) is 15.6. The van der Waals surface area contributed by atoms with Crippen molar-refractivity contribution in [2.24, 2.45) is 0 Å². The Hall–Kier alpha value is -1.50. The highest BCUT2D eigenvalue weighted by atomic mass is 16.5. The third-order valence-corrected chi connectivity index (χ3v) is 3.25. The lowest BCUT2D eigenvalue weighted by molar-refractivity contribution is 0.415. The van der Waals surface area contributed by atoms with E-state index in [1.807, 2.05) is 12.1 Å². The summed E-state index contributed by atoms with van der Waals surface area (Å²) in [6.45, 7) is 4.30. The molecule has 0 heterocycles. The molecule has 0 spiro atoms. The molecule has 0 aliphatic carbocycles. The Kier molecular flexibility index (Phi) is 7.72. The van der Waals surface area contributed by atoms with Gasteiger partial charge in [-0.2, -0.15) is 0 Å². The predicted molar refractivity (Wildman–Crippen MR) is 84.5 cm³/mol. The summed E-state index contributed by atoms with van der Waals surface area (Å²) in [6.07, 6.45) is 12.8. The summed E-state index contributed by atoms with van der Waals surface area (Å²) in [5.41, 5.74) is 2.72. The lowest BCUT2D eigenvalue weighted by Gasteiger charge is -2.08. The zero-order chi connectivity index (χ0) is 13.9. The molecule has 0 fully saturated rings. The third-order valence-electron chi connectivity index (χ3n) is 3.25. The van der Waals surface area contributed by atoms with Gasteiger partial charge in [0.15, 0.2) is 0 Å². The topological polar surface area (TPSA) is 9.23 Å². The first-order valence-electron chi connectivity index (χ1n) is 7.28. The van der Waals surface area contributed by atoms with Crippen molar-refractivity contribution < 1.29 is 4.74 Å². The van der Waals surface area contributed by atoms with Gasteiger partial charge in [-0.1, -0.05) is 56.5 Å². The molecule has 0 saturated carbocycles. The molecule has 0 radical (unpaired) electrons. The first-order valence-corrected chi connectivity index (χ1v) is 7.28. The molecule has 104 valence electrons. The molecule has 1 rings (SSSR count). The molecular formula is C18H26O. The fraction of sp³-hybridized carbons (Fsp3) is 0.444. The van der Waals surface area contributed by atoms with Gasteiger partial charge in [0.1, 0.15) is 5.75 Å². The molecule has 0 aliphatic rings. The molecule has 1 aromatic rings. The van der Waals surface area contributed by atoms with Crippen LogP contribution in [0.3, 0.4) is 0 Å². The summed E-state index contributed by atoms with van der Waals surface area (Å²) in [7, 11) is 1.70. The number of benzene rings is 1. The van der Waals surface area contributed by atoms with Crippen molar-refractivity contribution in [3.8, 4) is 5.75 Å². The molecule has 0 bridgehead atoms. The van der Waals surface area contributed by atoms with Crippen molar-refractivity contribution in [1.29, 1.82) is 0 Å². The number of ether oxygens (including phenoxy) is 1. The molecule has 0 saturated heterocycles. The van der Waals surface area contributed by atoms with E-state index in [1.165, 1.54) is 36.8 Å². The van der Waals surface area contributed by atoms with Gasteiger partial charge in [0.2, 0.25) is 0 Å². The van der Waals surface area contributed by atoms with Crippen LogP contribution in [0.1, 0.15) is 51.5 Å². The van der Waals surface area contributed by atoms with E-state index in [4.69, 9.17) is 4.74 Å². The molecule has 0 N–H and O–H groups in total. The van der Waals surface area contributed by atoms with E-state index in [2.05, 4.69) is 44.2 Å². The van der Waals surface area contributed by atoms with Crippen LogP contribution in [-0.2, 0) is 0 Å². The van der Waals surface area contributed by atoms with Gasteiger partial charge in [-0.3, -0.25) is 0 Å². The summed E-state index contributed by atoms with van der Waals surface area (Å²) in [6, 6.07) is 8.36. The van der Waals surface area contributed by atoms with E-state index in [0.717, 1.165) is 12.2 Å². The van der Waals surface area contributed by atoms with E-state index < -0.39 is 0 Å². The average molecular weight is 258 g/mol. The summed E-state index contributed by atoms with van der Waals surface area (Å²) in [4.78, 5) is 0. The number of rotatable bonds is 8. The molecule has 0 unspecified atom stereocenters. The number of hydrogen-bond acceptors (Lipinski definition) is 1. The molecule has 0 aromatic heterocycles. The fourth-order valence-electron chi connectivity index (χ4n) is 2.08. The second kappa shape index (κ2) is 9.43. The van der Waals surface area contributed by atoms with Gasteiger partial charge in [0, 0.05) is 0 Å². The van der Waals surface area contributed by atoms with E-state index in [0.29, 0.717) is 0 Å². The maximum Gasteiger partial charge on any atom is 0.118 e. The zero-order valence-electron chi connectivity index (χ0n) is 12.5. The van der Waals surface area contributed by atoms with Gasteiger partial charge < -0.3 is 4.74 Å². The van der Waals surface area contributed by atoms with Gasteiger partial charge >= 0.3 is 0 Å². The van der Waals surface area contributed by atoms with Crippen molar-refractivity contribution in [3.63, 3.8) is 0 Å². The Morgan fingerprint density at radius 3 is 2.42 bits per heavy atom. The number of allylic oxidation sites excluding steroid dienone is 4. The first-order chi connectivity index (χ1) is 9.31. The van der Waals surface area contributed by atoms with Crippen LogP contribution in [0.15, 0.2) is 42.5 Å². The zero-order valence-corrected chi connectivity index (χ0v) is 12.5. The maximum absolute atomic E-state index is 5.21. The molecule has 19 heavy (non-hydrogen) atoms. The van der Waals surface area contributed by atoms with Gasteiger partial charge in [-0.25, -0.2) is 0 Å². The van der Waals surface area contributed by atoms with Crippen LogP contribution < -0.4 is 4.74 Å². The highest BCUT2D eigenvalue weighted by Gasteiger charge is 2.01. The van der Waals surface area contributed by atoms with Crippen LogP contribution in [0.5, 0.6) is 5.75 Å². The van der Waals surface area contributed by atoms with Gasteiger partial charge in [0.05, 0.1) is 7.11 Å². The van der Waals surface area contributed by atoms with E-state index >= 15 is 0 Å². The van der Waals surface area contributed by atoms with Crippen molar-refractivity contribution in [2.75, 3.05) is 7.11 Å². The van der Waals surface area contributed by atoms with Crippen LogP contribution in [0.4, 0.5) is 0 Å². The lowest BCUT2D eigenvalue weighted by atomic mass is 9.98. The van der Waals surface area contributed by atoms with Gasteiger partial charge in [0.25, 0.3) is 0 Å². The number of hydrogen-bond donors (Lipinski definition) is 0. The fourth-order valence-corrected chi connectivity index (χ4v) is 2.08. The van der Waals surface area contributed by atoms with E-state index in [9.17, 15) is 0 Å². The molecular weight excluding hydrogens is 232 g/mol.